The Morgan fingerprint density at radius 3 is 2.00 bits per heavy atom. The third-order valence-corrected chi connectivity index (χ3v) is 3.23. The van der Waals surface area contributed by atoms with Gasteiger partial charge in [0.1, 0.15) is 0 Å². The highest BCUT2D eigenvalue weighted by Crippen LogP contribution is 1.86. The van der Waals surface area contributed by atoms with Gasteiger partial charge in [0.05, 0.1) is 0 Å². The molecular formula is C6H17NO2Si. The Balaban J connectivity index is 3.30. The van der Waals surface area contributed by atoms with Crippen LogP contribution in [0.25, 0.3) is 0 Å². The summed E-state index contributed by atoms with van der Waals surface area (Å²) in [6, 6.07) is 0. The maximum absolute atomic E-state index is 5.38. The van der Waals surface area contributed by atoms with E-state index in [2.05, 4.69) is 5.32 Å². The second-order valence-corrected chi connectivity index (χ2v) is 3.83. The summed E-state index contributed by atoms with van der Waals surface area (Å²) in [5, 5.41) is 3.05. The Morgan fingerprint density at radius 1 is 1.20 bits per heavy atom. The van der Waals surface area contributed by atoms with Crippen LogP contribution in [0.4, 0.5) is 0 Å². The molecule has 0 bridgehead atoms. The molecule has 0 heterocycles. The molecule has 0 rings (SSSR count). The minimum atomic E-state index is -1.34. The van der Waals surface area contributed by atoms with E-state index in [1.165, 1.54) is 0 Å². The van der Waals surface area contributed by atoms with Crippen molar-refractivity contribution < 1.29 is 8.85 Å². The lowest BCUT2D eigenvalue weighted by molar-refractivity contribution is 0.212. The molecule has 0 aromatic carbocycles. The van der Waals surface area contributed by atoms with Crippen molar-refractivity contribution in [1.82, 2.24) is 5.32 Å². The van der Waals surface area contributed by atoms with Gasteiger partial charge < -0.3 is 14.2 Å². The van der Waals surface area contributed by atoms with Crippen LogP contribution in [0.5, 0.6) is 0 Å². The lowest BCUT2D eigenvalue weighted by atomic mass is 10.9. The molecule has 0 aliphatic carbocycles. The Labute approximate surface area is 64.6 Å². The highest BCUT2D eigenvalue weighted by Gasteiger charge is 2.08. The van der Waals surface area contributed by atoms with E-state index in [1.807, 2.05) is 20.9 Å². The average molecular weight is 163 g/mol. The molecule has 0 aromatic heterocycles. The van der Waals surface area contributed by atoms with Crippen molar-refractivity contribution in [2.24, 2.45) is 0 Å². The van der Waals surface area contributed by atoms with Crippen LogP contribution in [0, 0.1) is 0 Å². The van der Waals surface area contributed by atoms with Gasteiger partial charge in [-0.25, -0.2) is 0 Å². The SMILES string of the molecule is CCO[SiH](CNC)OCC. The lowest BCUT2D eigenvalue weighted by Crippen LogP contribution is -2.34. The summed E-state index contributed by atoms with van der Waals surface area (Å²) in [4.78, 5) is 0. The molecule has 0 aromatic rings. The number of hydrogen-bond acceptors (Lipinski definition) is 3. The standard InChI is InChI=1S/C6H17NO2Si/c1-4-8-10(6-7-3)9-5-2/h7,10H,4-6H2,1-3H3. The van der Waals surface area contributed by atoms with Crippen molar-refractivity contribution in [2.45, 2.75) is 13.8 Å². The number of rotatable bonds is 6. The van der Waals surface area contributed by atoms with Crippen molar-refractivity contribution in [3.8, 4) is 0 Å². The quantitative estimate of drug-likeness (QED) is 0.561. The minimum Gasteiger partial charge on any atom is -0.396 e. The maximum Gasteiger partial charge on any atom is 0.335 e. The van der Waals surface area contributed by atoms with Crippen molar-refractivity contribution in [3.05, 3.63) is 0 Å². The highest BCUT2D eigenvalue weighted by molar-refractivity contribution is 6.44. The first kappa shape index (κ1) is 10.1. The summed E-state index contributed by atoms with van der Waals surface area (Å²) >= 11 is 0. The molecular weight excluding hydrogens is 146 g/mol. The van der Waals surface area contributed by atoms with Crippen molar-refractivity contribution >= 4 is 9.28 Å². The van der Waals surface area contributed by atoms with E-state index >= 15 is 0 Å². The van der Waals surface area contributed by atoms with Gasteiger partial charge in [-0.3, -0.25) is 0 Å². The van der Waals surface area contributed by atoms with Crippen molar-refractivity contribution in [1.29, 1.82) is 0 Å². The van der Waals surface area contributed by atoms with Gasteiger partial charge in [0.2, 0.25) is 0 Å². The van der Waals surface area contributed by atoms with Crippen LogP contribution in [0.2, 0.25) is 0 Å². The van der Waals surface area contributed by atoms with Crippen LogP contribution in [0.3, 0.4) is 0 Å². The predicted octanol–water partition coefficient (Wildman–Crippen LogP) is 0.0385. The van der Waals surface area contributed by atoms with E-state index in [1.54, 1.807) is 0 Å². The fourth-order valence-electron chi connectivity index (χ4n) is 0.704. The fourth-order valence-corrected chi connectivity index (χ4v) is 2.11. The van der Waals surface area contributed by atoms with Gasteiger partial charge in [-0.05, 0) is 20.9 Å². The lowest BCUT2D eigenvalue weighted by Gasteiger charge is -2.13. The van der Waals surface area contributed by atoms with Crippen LogP contribution in [-0.2, 0) is 8.85 Å². The summed E-state index contributed by atoms with van der Waals surface area (Å²) in [6.45, 7) is 5.51. The van der Waals surface area contributed by atoms with Gasteiger partial charge in [0.15, 0.2) is 0 Å². The molecule has 0 amide bonds. The van der Waals surface area contributed by atoms with E-state index in [0.717, 1.165) is 19.4 Å². The zero-order chi connectivity index (χ0) is 7.82. The van der Waals surface area contributed by atoms with Crippen LogP contribution in [-0.4, -0.2) is 35.7 Å². The zero-order valence-electron chi connectivity index (χ0n) is 7.02. The van der Waals surface area contributed by atoms with E-state index < -0.39 is 9.28 Å². The van der Waals surface area contributed by atoms with Gasteiger partial charge in [-0.1, -0.05) is 0 Å². The third-order valence-electron chi connectivity index (χ3n) is 1.08. The summed E-state index contributed by atoms with van der Waals surface area (Å²) in [5.41, 5.74) is 0. The first-order valence-corrected chi connectivity index (χ1v) is 5.48. The largest absolute Gasteiger partial charge is 0.396 e. The first-order valence-electron chi connectivity index (χ1n) is 3.72. The number of nitrogens with one attached hydrogen (secondary N) is 1. The van der Waals surface area contributed by atoms with Crippen LogP contribution in [0.15, 0.2) is 0 Å². The summed E-state index contributed by atoms with van der Waals surface area (Å²) in [5.74, 6) is 0. The molecule has 0 unspecified atom stereocenters. The monoisotopic (exact) mass is 163 g/mol. The Hall–Kier alpha value is 0.0969. The van der Waals surface area contributed by atoms with E-state index in [-0.39, 0.29) is 0 Å². The van der Waals surface area contributed by atoms with Crippen molar-refractivity contribution in [2.75, 3.05) is 26.4 Å². The molecule has 0 spiro atoms. The summed E-state index contributed by atoms with van der Waals surface area (Å²) in [7, 11) is 0.570. The Morgan fingerprint density at radius 2 is 1.70 bits per heavy atom. The molecule has 0 aliphatic rings. The molecule has 0 aliphatic heterocycles. The molecule has 3 nitrogen and oxygen atoms in total. The van der Waals surface area contributed by atoms with E-state index in [9.17, 15) is 0 Å². The Kier molecular flexibility index (Phi) is 7.28. The fraction of sp³-hybridized carbons (Fsp3) is 1.00. The maximum atomic E-state index is 5.38. The molecule has 0 saturated carbocycles. The second-order valence-electron chi connectivity index (χ2n) is 1.90. The van der Waals surface area contributed by atoms with Gasteiger partial charge in [0, 0.05) is 19.4 Å². The molecule has 1 N–H and O–H groups in total. The molecule has 0 fully saturated rings. The molecule has 10 heavy (non-hydrogen) atoms. The summed E-state index contributed by atoms with van der Waals surface area (Å²) in [6.07, 6.45) is 0.891. The normalized spacial score (nSPS) is 10.8. The average Bonchev–Trinajstić information content (AvgIpc) is 1.90. The first-order chi connectivity index (χ1) is 4.85. The van der Waals surface area contributed by atoms with E-state index in [0.29, 0.717) is 0 Å². The van der Waals surface area contributed by atoms with Gasteiger partial charge in [-0.2, -0.15) is 0 Å². The third kappa shape index (κ3) is 4.93. The van der Waals surface area contributed by atoms with E-state index in [4.69, 9.17) is 8.85 Å². The van der Waals surface area contributed by atoms with Crippen molar-refractivity contribution in [3.63, 3.8) is 0 Å². The van der Waals surface area contributed by atoms with Crippen LogP contribution < -0.4 is 5.32 Å². The second kappa shape index (κ2) is 7.21. The van der Waals surface area contributed by atoms with Gasteiger partial charge in [0.25, 0.3) is 0 Å². The highest BCUT2D eigenvalue weighted by atomic mass is 28.3. The molecule has 0 saturated heterocycles. The smallest absolute Gasteiger partial charge is 0.335 e. The molecule has 0 atom stereocenters. The van der Waals surface area contributed by atoms with Gasteiger partial charge >= 0.3 is 9.28 Å². The van der Waals surface area contributed by atoms with Crippen LogP contribution in [0.1, 0.15) is 13.8 Å². The molecule has 0 radical (unpaired) electrons. The predicted molar refractivity (Wildman–Crippen MR) is 44.3 cm³/mol. The number of hydrogen-bond donors (Lipinski definition) is 1. The topological polar surface area (TPSA) is 30.5 Å². The van der Waals surface area contributed by atoms with Crippen LogP contribution >= 0.6 is 0 Å². The molecule has 4 heteroatoms. The zero-order valence-corrected chi connectivity index (χ0v) is 8.17. The molecule has 62 valence electrons. The van der Waals surface area contributed by atoms with Gasteiger partial charge in [-0.15, -0.1) is 0 Å². The summed E-state index contributed by atoms with van der Waals surface area (Å²) < 4.78 is 10.8. The Bertz CT molecular complexity index is 58.5. The minimum absolute atomic E-state index is 0.762.